The van der Waals surface area contributed by atoms with Gasteiger partial charge >= 0.3 is 5.97 Å². The van der Waals surface area contributed by atoms with Gasteiger partial charge in [0, 0.05) is 12.1 Å². The monoisotopic (exact) mass is 330 g/mol. The standard InChI is InChI=1S/C13H15ClN2O4S/c1-19-10-4-3-8(7-9(10)14)15-13(21)16-11(17)5-6-12(18)20-2/h3-4,7H,5-6H2,1-2H3,(H2,15,16,17,21). The van der Waals surface area contributed by atoms with Gasteiger partial charge in [-0.05, 0) is 30.4 Å². The number of nitrogens with one attached hydrogen (secondary N) is 2. The summed E-state index contributed by atoms with van der Waals surface area (Å²) >= 11 is 11.0. The van der Waals surface area contributed by atoms with E-state index in [-0.39, 0.29) is 23.9 Å². The van der Waals surface area contributed by atoms with Gasteiger partial charge in [-0.25, -0.2) is 0 Å². The highest BCUT2D eigenvalue weighted by molar-refractivity contribution is 7.80. The third kappa shape index (κ3) is 5.97. The van der Waals surface area contributed by atoms with Crippen molar-refractivity contribution in [2.45, 2.75) is 12.8 Å². The summed E-state index contributed by atoms with van der Waals surface area (Å²) < 4.78 is 9.47. The summed E-state index contributed by atoms with van der Waals surface area (Å²) in [6.45, 7) is 0. The van der Waals surface area contributed by atoms with Crippen LogP contribution in [0.25, 0.3) is 0 Å². The quantitative estimate of drug-likeness (QED) is 0.636. The molecule has 0 spiro atoms. The van der Waals surface area contributed by atoms with Crippen LogP contribution in [0.15, 0.2) is 18.2 Å². The Morgan fingerprint density at radius 1 is 1.29 bits per heavy atom. The van der Waals surface area contributed by atoms with Gasteiger partial charge in [0.05, 0.1) is 25.7 Å². The zero-order valence-corrected chi connectivity index (χ0v) is 13.1. The first-order valence-corrected chi connectivity index (χ1v) is 6.76. The highest BCUT2D eigenvalue weighted by atomic mass is 35.5. The number of thiocarbonyl (C=S) groups is 1. The van der Waals surface area contributed by atoms with Crippen molar-refractivity contribution in [1.82, 2.24) is 5.32 Å². The van der Waals surface area contributed by atoms with Crippen molar-refractivity contribution in [3.05, 3.63) is 23.2 Å². The normalized spacial score (nSPS) is 9.67. The molecule has 1 aromatic rings. The number of benzene rings is 1. The summed E-state index contributed by atoms with van der Waals surface area (Å²) in [5.74, 6) is -0.293. The molecule has 0 heterocycles. The van der Waals surface area contributed by atoms with E-state index < -0.39 is 5.97 Å². The Kier molecular flexibility index (Phi) is 6.90. The molecule has 0 radical (unpaired) electrons. The number of hydrogen-bond acceptors (Lipinski definition) is 5. The molecule has 0 aliphatic rings. The number of methoxy groups -OCH3 is 2. The van der Waals surface area contributed by atoms with E-state index in [1.165, 1.54) is 14.2 Å². The van der Waals surface area contributed by atoms with Crippen LogP contribution in [-0.2, 0) is 14.3 Å². The molecule has 21 heavy (non-hydrogen) atoms. The predicted octanol–water partition coefficient (Wildman–Crippen LogP) is 2.11. The first-order valence-electron chi connectivity index (χ1n) is 5.97. The molecule has 2 N–H and O–H groups in total. The number of halogens is 1. The minimum Gasteiger partial charge on any atom is -0.495 e. The van der Waals surface area contributed by atoms with Crippen molar-refractivity contribution in [2.75, 3.05) is 19.5 Å². The minimum atomic E-state index is -0.453. The molecule has 0 fully saturated rings. The molecule has 0 atom stereocenters. The van der Waals surface area contributed by atoms with E-state index in [2.05, 4.69) is 15.4 Å². The SMILES string of the molecule is COC(=O)CCC(=O)NC(=S)Nc1ccc(OC)c(Cl)c1. The van der Waals surface area contributed by atoms with Crippen LogP contribution in [-0.4, -0.2) is 31.2 Å². The molecule has 0 bridgehead atoms. The highest BCUT2D eigenvalue weighted by Crippen LogP contribution is 2.27. The van der Waals surface area contributed by atoms with E-state index in [1.807, 2.05) is 0 Å². The lowest BCUT2D eigenvalue weighted by molar-refractivity contribution is -0.142. The lowest BCUT2D eigenvalue weighted by Gasteiger charge is -2.10. The number of esters is 1. The maximum atomic E-state index is 11.5. The molecule has 114 valence electrons. The van der Waals surface area contributed by atoms with Crippen LogP contribution in [0.4, 0.5) is 5.69 Å². The van der Waals surface area contributed by atoms with E-state index >= 15 is 0 Å². The zero-order valence-electron chi connectivity index (χ0n) is 11.6. The summed E-state index contributed by atoms with van der Waals surface area (Å²) in [7, 11) is 2.78. The molecular formula is C13H15ClN2O4S. The van der Waals surface area contributed by atoms with Crippen molar-refractivity contribution in [3.8, 4) is 5.75 Å². The third-order valence-corrected chi connectivity index (χ3v) is 2.95. The van der Waals surface area contributed by atoms with Crippen LogP contribution in [0.5, 0.6) is 5.75 Å². The van der Waals surface area contributed by atoms with Gasteiger partial charge in [-0.15, -0.1) is 0 Å². The number of rotatable bonds is 5. The average molecular weight is 331 g/mol. The fraction of sp³-hybridized carbons (Fsp3) is 0.308. The van der Waals surface area contributed by atoms with Crippen LogP contribution >= 0.6 is 23.8 Å². The number of carbonyl (C=O) groups excluding carboxylic acids is 2. The molecule has 1 amide bonds. The largest absolute Gasteiger partial charge is 0.495 e. The van der Waals surface area contributed by atoms with E-state index in [1.54, 1.807) is 18.2 Å². The number of anilines is 1. The molecule has 6 nitrogen and oxygen atoms in total. The van der Waals surface area contributed by atoms with Crippen molar-refractivity contribution >= 4 is 46.5 Å². The van der Waals surface area contributed by atoms with Gasteiger partial charge in [-0.2, -0.15) is 0 Å². The van der Waals surface area contributed by atoms with Gasteiger partial charge in [-0.3, -0.25) is 9.59 Å². The fourth-order valence-electron chi connectivity index (χ4n) is 1.41. The van der Waals surface area contributed by atoms with Crippen LogP contribution in [0.3, 0.4) is 0 Å². The average Bonchev–Trinajstić information content (AvgIpc) is 2.44. The van der Waals surface area contributed by atoms with E-state index in [9.17, 15) is 9.59 Å². The molecule has 8 heteroatoms. The second-order valence-electron chi connectivity index (χ2n) is 3.93. The Balaban J connectivity index is 2.48. The lowest BCUT2D eigenvalue weighted by atomic mass is 10.3. The fourth-order valence-corrected chi connectivity index (χ4v) is 1.90. The van der Waals surface area contributed by atoms with Gasteiger partial charge in [0.15, 0.2) is 5.11 Å². The van der Waals surface area contributed by atoms with Crippen LogP contribution in [0.1, 0.15) is 12.8 Å². The molecular weight excluding hydrogens is 316 g/mol. The summed E-state index contributed by atoms with van der Waals surface area (Å²) in [4.78, 5) is 22.5. The second kappa shape index (κ2) is 8.43. The molecule has 0 unspecified atom stereocenters. The third-order valence-electron chi connectivity index (χ3n) is 2.45. The Labute approximate surface area is 132 Å². The van der Waals surface area contributed by atoms with Crippen LogP contribution in [0.2, 0.25) is 5.02 Å². The number of carbonyl (C=O) groups is 2. The summed E-state index contributed by atoms with van der Waals surface area (Å²) in [5.41, 5.74) is 0.610. The lowest BCUT2D eigenvalue weighted by Crippen LogP contribution is -2.34. The molecule has 0 saturated heterocycles. The smallest absolute Gasteiger partial charge is 0.306 e. The van der Waals surface area contributed by atoms with Crippen molar-refractivity contribution in [1.29, 1.82) is 0 Å². The molecule has 1 aromatic carbocycles. The summed E-state index contributed by atoms with van der Waals surface area (Å²) in [6.07, 6.45) is -0.00280. The van der Waals surface area contributed by atoms with E-state index in [0.29, 0.717) is 16.5 Å². The number of hydrogen-bond donors (Lipinski definition) is 2. The number of amides is 1. The van der Waals surface area contributed by atoms with Crippen LogP contribution < -0.4 is 15.4 Å². The van der Waals surface area contributed by atoms with Gasteiger partial charge in [0.1, 0.15) is 5.75 Å². The van der Waals surface area contributed by atoms with Gasteiger partial charge in [0.25, 0.3) is 0 Å². The maximum Gasteiger partial charge on any atom is 0.306 e. The minimum absolute atomic E-state index is 0.000684. The Bertz CT molecular complexity index is 551. The first kappa shape index (κ1) is 17.2. The summed E-state index contributed by atoms with van der Waals surface area (Å²) in [6, 6.07) is 5.00. The molecule has 0 aliphatic carbocycles. The van der Waals surface area contributed by atoms with Gasteiger partial charge in [-0.1, -0.05) is 11.6 Å². The first-order chi connectivity index (χ1) is 9.96. The Hall–Kier alpha value is -1.86. The zero-order chi connectivity index (χ0) is 15.8. The molecule has 0 aromatic heterocycles. The van der Waals surface area contributed by atoms with Crippen molar-refractivity contribution in [2.24, 2.45) is 0 Å². The molecule has 1 rings (SSSR count). The van der Waals surface area contributed by atoms with E-state index in [0.717, 1.165) is 0 Å². The van der Waals surface area contributed by atoms with Crippen molar-refractivity contribution < 1.29 is 19.1 Å². The predicted molar refractivity (Wildman–Crippen MR) is 83.6 cm³/mol. The summed E-state index contributed by atoms with van der Waals surface area (Å²) in [5, 5.41) is 5.80. The number of ether oxygens (including phenoxy) is 2. The van der Waals surface area contributed by atoms with E-state index in [4.69, 9.17) is 28.6 Å². The molecule has 0 aliphatic heterocycles. The second-order valence-corrected chi connectivity index (χ2v) is 4.74. The highest BCUT2D eigenvalue weighted by Gasteiger charge is 2.09. The van der Waals surface area contributed by atoms with Crippen molar-refractivity contribution in [3.63, 3.8) is 0 Å². The van der Waals surface area contributed by atoms with Gasteiger partial charge < -0.3 is 20.1 Å². The molecule has 0 saturated carbocycles. The Morgan fingerprint density at radius 3 is 2.57 bits per heavy atom. The maximum absolute atomic E-state index is 11.5. The van der Waals surface area contributed by atoms with Gasteiger partial charge in [0.2, 0.25) is 5.91 Å². The Morgan fingerprint density at radius 2 is 2.00 bits per heavy atom. The van der Waals surface area contributed by atoms with Crippen LogP contribution in [0, 0.1) is 0 Å². The topological polar surface area (TPSA) is 76.7 Å².